The lowest BCUT2D eigenvalue weighted by atomic mass is 10.0. The average Bonchev–Trinajstić information content (AvgIpc) is 3.65. The number of amides is 2. The summed E-state index contributed by atoms with van der Waals surface area (Å²) in [5.74, 6) is -0.907. The van der Waals surface area contributed by atoms with Crippen molar-refractivity contribution < 1.29 is 24.3 Å². The number of aliphatic carboxylic acids is 1. The summed E-state index contributed by atoms with van der Waals surface area (Å²) in [7, 11) is 0. The van der Waals surface area contributed by atoms with Gasteiger partial charge in [0.05, 0.1) is 0 Å². The first kappa shape index (κ1) is 33.5. The first-order valence-corrected chi connectivity index (χ1v) is 18.2. The van der Waals surface area contributed by atoms with Crippen molar-refractivity contribution in [2.24, 2.45) is 10.9 Å². The number of aryl methyl sites for hydroxylation is 1. The fraction of sp³-hybridized carbons (Fsp3) is 0.444. The first-order chi connectivity index (χ1) is 21.7. The molecule has 2 fully saturated rings. The van der Waals surface area contributed by atoms with E-state index in [9.17, 15) is 19.5 Å². The van der Waals surface area contributed by atoms with E-state index in [0.29, 0.717) is 28.8 Å². The lowest BCUT2D eigenvalue weighted by Gasteiger charge is -2.49. The highest BCUT2D eigenvalue weighted by molar-refractivity contribution is 8.00. The van der Waals surface area contributed by atoms with E-state index in [-0.39, 0.29) is 32.7 Å². The molecule has 18 heteroatoms. The van der Waals surface area contributed by atoms with Crippen molar-refractivity contribution in [3.63, 3.8) is 0 Å². The van der Waals surface area contributed by atoms with E-state index < -0.39 is 29.2 Å². The van der Waals surface area contributed by atoms with Crippen LogP contribution >= 0.6 is 58.2 Å². The van der Waals surface area contributed by atoms with Crippen molar-refractivity contribution in [2.75, 3.05) is 29.5 Å². The highest BCUT2D eigenvalue weighted by atomic mass is 35.5. The lowest BCUT2D eigenvalue weighted by Crippen LogP contribution is -2.71. The van der Waals surface area contributed by atoms with Crippen molar-refractivity contribution >= 4 is 86.9 Å². The number of nitrogens with two attached hydrogens (primary N) is 2. The smallest absolute Gasteiger partial charge is 0.352 e. The number of carbonyl (C=O) groups excluding carboxylic acids is 2. The van der Waals surface area contributed by atoms with Crippen LogP contribution in [0.25, 0.3) is 0 Å². The third-order valence-corrected chi connectivity index (χ3v) is 11.1. The molecule has 2 aliphatic heterocycles. The summed E-state index contributed by atoms with van der Waals surface area (Å²) in [5.41, 5.74) is 12.5. The zero-order valence-corrected chi connectivity index (χ0v) is 28.1. The van der Waals surface area contributed by atoms with Gasteiger partial charge in [0, 0.05) is 29.5 Å². The van der Waals surface area contributed by atoms with E-state index in [0.717, 1.165) is 53.5 Å². The number of β-lactam (4-membered cyclic amide) rings is 1. The molecule has 1 aliphatic carbocycles. The zero-order valence-electron chi connectivity index (χ0n) is 24.1. The minimum atomic E-state index is -1.23. The fourth-order valence-electron chi connectivity index (χ4n) is 4.88. The van der Waals surface area contributed by atoms with Crippen LogP contribution in [0.4, 0.5) is 5.13 Å². The van der Waals surface area contributed by atoms with Crippen LogP contribution in [0.3, 0.4) is 0 Å². The Morgan fingerprint density at radius 3 is 2.76 bits per heavy atom. The van der Waals surface area contributed by atoms with Gasteiger partial charge >= 0.3 is 5.97 Å². The van der Waals surface area contributed by atoms with Gasteiger partial charge in [-0.1, -0.05) is 52.0 Å². The number of hydrogen-bond donors (Lipinski definition) is 4. The number of anilines is 1. The Balaban J connectivity index is 1.26. The molecule has 0 radical (unpaired) electrons. The summed E-state index contributed by atoms with van der Waals surface area (Å²) in [4.78, 5) is 58.9. The maximum atomic E-state index is 13.4. The molecule has 2 aromatic rings. The Hall–Kier alpha value is -2.83. The van der Waals surface area contributed by atoms with E-state index in [1.165, 1.54) is 40.2 Å². The first-order valence-electron chi connectivity index (χ1n) is 14.0. The summed E-state index contributed by atoms with van der Waals surface area (Å²) >= 11 is 11.6. The normalized spacial score (nSPS) is 20.5. The Morgan fingerprint density at radius 2 is 2.07 bits per heavy atom. The second-order valence-corrected chi connectivity index (χ2v) is 15.0. The predicted octanol–water partition coefficient (Wildman–Crippen LogP) is 3.28. The Labute approximate surface area is 281 Å². The Kier molecular flexibility index (Phi) is 11.3. The fourth-order valence-corrected chi connectivity index (χ4v) is 8.63. The standard InChI is InChI=1S/C27H31ClN8O5S4/c1-13-11-16(32-27(31-13)43-10-8-29)42-9-4-5-14-12-44-24-19(23(38)36(24)20(14)25(39)40)33-22(37)18(17-21(28)45-26(30)34-17)35-41-15-6-2-3-7-15/h4-5,11,15,19,24H,2-3,6-10,12,29H2,1H3,(H2,30,34)(H,33,37)(H,39,40)/b5-4+,35-18?. The summed E-state index contributed by atoms with van der Waals surface area (Å²) in [6.07, 6.45) is 7.07. The topological polar surface area (TPSA) is 199 Å². The molecule has 240 valence electrons. The Morgan fingerprint density at radius 1 is 1.29 bits per heavy atom. The molecule has 2 atom stereocenters. The quantitative estimate of drug-likeness (QED) is 0.0590. The molecule has 5 rings (SSSR count). The third-order valence-electron chi connectivity index (χ3n) is 6.93. The molecule has 2 aromatic heterocycles. The summed E-state index contributed by atoms with van der Waals surface area (Å²) in [5, 5.41) is 17.8. The summed E-state index contributed by atoms with van der Waals surface area (Å²) < 4.78 is 0.163. The van der Waals surface area contributed by atoms with Crippen molar-refractivity contribution in [1.29, 1.82) is 0 Å². The van der Waals surface area contributed by atoms with Crippen molar-refractivity contribution in [3.8, 4) is 0 Å². The van der Waals surface area contributed by atoms with Crippen LogP contribution in [-0.4, -0.2) is 89.8 Å². The molecule has 45 heavy (non-hydrogen) atoms. The molecule has 3 aliphatic rings. The monoisotopic (exact) mass is 710 g/mol. The number of carboxylic acid groups (broad SMARTS) is 1. The van der Waals surface area contributed by atoms with Crippen LogP contribution in [0.15, 0.2) is 44.8 Å². The number of nitrogens with zero attached hydrogens (tertiary/aromatic N) is 5. The second-order valence-electron chi connectivity index (χ2n) is 10.1. The number of thioether (sulfide) groups is 3. The Bertz CT molecular complexity index is 1560. The molecular weight excluding hydrogens is 680 g/mol. The van der Waals surface area contributed by atoms with Gasteiger partial charge in [0.2, 0.25) is 0 Å². The highest BCUT2D eigenvalue weighted by Gasteiger charge is 2.54. The average molecular weight is 711 g/mol. The number of oxime groups is 1. The number of thiazole rings is 1. The molecule has 2 amide bonds. The largest absolute Gasteiger partial charge is 0.477 e. The van der Waals surface area contributed by atoms with E-state index >= 15 is 0 Å². The number of allylic oxidation sites excluding steroid dienone is 1. The van der Waals surface area contributed by atoms with Gasteiger partial charge in [-0.3, -0.25) is 14.5 Å². The van der Waals surface area contributed by atoms with E-state index in [1.807, 2.05) is 19.1 Å². The predicted molar refractivity (Wildman–Crippen MR) is 178 cm³/mol. The van der Waals surface area contributed by atoms with Crippen LogP contribution in [0.2, 0.25) is 4.34 Å². The summed E-state index contributed by atoms with van der Waals surface area (Å²) in [6, 6.07) is 0.909. The number of hydrogen-bond acceptors (Lipinski definition) is 14. The molecule has 0 aromatic carbocycles. The number of carbonyl (C=O) groups is 3. The molecule has 0 spiro atoms. The van der Waals surface area contributed by atoms with Gasteiger partial charge in [0.1, 0.15) is 38.3 Å². The molecule has 1 saturated carbocycles. The van der Waals surface area contributed by atoms with Gasteiger partial charge in [-0.25, -0.2) is 19.7 Å². The molecule has 2 unspecified atom stereocenters. The molecule has 13 nitrogen and oxygen atoms in total. The molecule has 6 N–H and O–H groups in total. The highest BCUT2D eigenvalue weighted by Crippen LogP contribution is 2.41. The van der Waals surface area contributed by atoms with Crippen LogP contribution < -0.4 is 16.8 Å². The van der Waals surface area contributed by atoms with Gasteiger partial charge in [0.25, 0.3) is 11.8 Å². The van der Waals surface area contributed by atoms with E-state index in [2.05, 4.69) is 25.4 Å². The molecule has 4 heterocycles. The lowest BCUT2D eigenvalue weighted by molar-refractivity contribution is -0.150. The van der Waals surface area contributed by atoms with Crippen LogP contribution in [0, 0.1) is 6.92 Å². The van der Waals surface area contributed by atoms with Gasteiger partial charge < -0.3 is 26.7 Å². The number of aromatic nitrogens is 3. The maximum Gasteiger partial charge on any atom is 0.352 e. The van der Waals surface area contributed by atoms with Crippen LogP contribution in [0.1, 0.15) is 37.1 Å². The maximum absolute atomic E-state index is 13.4. The van der Waals surface area contributed by atoms with Gasteiger partial charge in [-0.05, 0) is 44.2 Å². The van der Waals surface area contributed by atoms with Crippen LogP contribution in [0.5, 0.6) is 0 Å². The van der Waals surface area contributed by atoms with Crippen molar-refractivity contribution in [3.05, 3.63) is 45.2 Å². The molecular formula is C27H31ClN8O5S4. The van der Waals surface area contributed by atoms with Gasteiger partial charge in [0.15, 0.2) is 16.0 Å². The number of carboxylic acids is 1. The molecule has 0 bridgehead atoms. The number of rotatable bonds is 13. The van der Waals surface area contributed by atoms with Gasteiger partial charge in [-0.2, -0.15) is 0 Å². The van der Waals surface area contributed by atoms with E-state index in [1.54, 1.807) is 6.08 Å². The summed E-state index contributed by atoms with van der Waals surface area (Å²) in [6.45, 7) is 2.43. The number of nitrogen functional groups attached to an aromatic ring is 1. The van der Waals surface area contributed by atoms with Crippen molar-refractivity contribution in [2.45, 2.75) is 60.3 Å². The van der Waals surface area contributed by atoms with E-state index in [4.69, 9.17) is 27.9 Å². The van der Waals surface area contributed by atoms with Gasteiger partial charge in [-0.15, -0.1) is 23.5 Å². The van der Waals surface area contributed by atoms with Crippen molar-refractivity contribution in [1.82, 2.24) is 25.2 Å². The minimum Gasteiger partial charge on any atom is -0.477 e. The number of halogens is 1. The SMILES string of the molecule is Cc1cc(SC/C=C/C2=C(C(=O)O)N3C(=O)C(NC(=O)C(=NOC4CCCC4)c4nc(N)sc4Cl)C3SC2)nc(SCCN)n1. The number of nitrogens with one attached hydrogen (secondary N) is 1. The van der Waals surface area contributed by atoms with Crippen LogP contribution in [-0.2, 0) is 19.2 Å². The minimum absolute atomic E-state index is 0.0636. The third kappa shape index (κ3) is 7.94. The zero-order chi connectivity index (χ0) is 32.1. The second kappa shape index (κ2) is 15.2. The molecule has 1 saturated heterocycles. The number of fused-ring (bicyclic) bond motifs is 1.